The number of likely N-dealkylation sites (tertiary alicyclic amines) is 1. The Labute approximate surface area is 144 Å². The van der Waals surface area contributed by atoms with Gasteiger partial charge in [-0.15, -0.1) is 23.7 Å². The Balaban J connectivity index is 0.00000264. The van der Waals surface area contributed by atoms with Crippen molar-refractivity contribution in [2.45, 2.75) is 32.0 Å². The van der Waals surface area contributed by atoms with E-state index in [0.29, 0.717) is 26.2 Å². The van der Waals surface area contributed by atoms with Gasteiger partial charge in [-0.05, 0) is 37.3 Å². The lowest BCUT2D eigenvalue weighted by atomic mass is 10.1. The van der Waals surface area contributed by atoms with E-state index < -0.39 is 6.61 Å². The normalized spacial score (nSPS) is 15.6. The van der Waals surface area contributed by atoms with E-state index in [-0.39, 0.29) is 35.0 Å². The number of nitrogens with two attached hydrogens (primary N) is 1. The van der Waals surface area contributed by atoms with Crippen LogP contribution in [0.5, 0.6) is 5.75 Å². The van der Waals surface area contributed by atoms with Gasteiger partial charge in [0.15, 0.2) is 0 Å². The first-order chi connectivity index (χ1) is 10.6. The van der Waals surface area contributed by atoms with Crippen LogP contribution in [0, 0.1) is 0 Å². The predicted octanol–water partition coefficient (Wildman–Crippen LogP) is 2.74. The smallest absolute Gasteiger partial charge is 0.387 e. The van der Waals surface area contributed by atoms with Crippen molar-refractivity contribution in [3.8, 4) is 5.75 Å². The third kappa shape index (κ3) is 5.87. The fraction of sp³-hybridized carbons (Fsp3) is 0.643. The Hall–Kier alpha value is -0.960. The standard InChI is InChI=1S/C14H20F2N2O3S.ClH/c15-14(16)21-11-4-9-22-12(11)13(19)18-6-2-10(3-7-18)20-8-1-5-17;/h4,9-10,14H,1-3,5-8,17H2;1H. The van der Waals surface area contributed by atoms with Gasteiger partial charge in [-0.25, -0.2) is 0 Å². The second kappa shape index (κ2) is 10.0. The molecule has 0 unspecified atom stereocenters. The monoisotopic (exact) mass is 370 g/mol. The molecule has 0 aromatic carbocycles. The minimum Gasteiger partial charge on any atom is -0.433 e. The average Bonchev–Trinajstić information content (AvgIpc) is 2.95. The molecule has 0 radical (unpaired) electrons. The fourth-order valence-electron chi connectivity index (χ4n) is 2.34. The minimum atomic E-state index is -2.93. The van der Waals surface area contributed by atoms with Crippen molar-refractivity contribution in [2.24, 2.45) is 5.73 Å². The molecule has 2 N–H and O–H groups in total. The molecule has 1 amide bonds. The van der Waals surface area contributed by atoms with Gasteiger partial charge in [0.1, 0.15) is 10.6 Å². The van der Waals surface area contributed by atoms with E-state index in [1.807, 2.05) is 0 Å². The highest BCUT2D eigenvalue weighted by atomic mass is 35.5. The minimum absolute atomic E-state index is 0. The molecule has 9 heteroatoms. The lowest BCUT2D eigenvalue weighted by Gasteiger charge is -2.31. The molecule has 1 fully saturated rings. The number of hydrogen-bond acceptors (Lipinski definition) is 5. The SMILES string of the molecule is Cl.NCCCOC1CCN(C(=O)c2sccc2OC(F)F)CC1. The number of carbonyl (C=O) groups is 1. The molecule has 23 heavy (non-hydrogen) atoms. The number of amides is 1. The number of carbonyl (C=O) groups excluding carboxylic acids is 1. The molecule has 0 spiro atoms. The summed E-state index contributed by atoms with van der Waals surface area (Å²) in [7, 11) is 0. The molecule has 2 heterocycles. The highest BCUT2D eigenvalue weighted by Gasteiger charge is 2.27. The Morgan fingerprint density at radius 1 is 1.43 bits per heavy atom. The van der Waals surface area contributed by atoms with Crippen molar-refractivity contribution >= 4 is 29.7 Å². The van der Waals surface area contributed by atoms with Crippen molar-refractivity contribution < 1.29 is 23.0 Å². The maximum absolute atomic E-state index is 12.4. The molecule has 0 bridgehead atoms. The van der Waals surface area contributed by atoms with E-state index >= 15 is 0 Å². The van der Waals surface area contributed by atoms with E-state index in [4.69, 9.17) is 10.5 Å². The number of hydrogen-bond donors (Lipinski definition) is 1. The van der Waals surface area contributed by atoms with Crippen LogP contribution in [0.25, 0.3) is 0 Å². The fourth-order valence-corrected chi connectivity index (χ4v) is 3.13. The molecule has 5 nitrogen and oxygen atoms in total. The van der Waals surface area contributed by atoms with Crippen molar-refractivity contribution in [1.82, 2.24) is 4.90 Å². The van der Waals surface area contributed by atoms with Crippen molar-refractivity contribution in [3.63, 3.8) is 0 Å². The van der Waals surface area contributed by atoms with Crippen molar-refractivity contribution in [3.05, 3.63) is 16.3 Å². The summed E-state index contributed by atoms with van der Waals surface area (Å²) >= 11 is 1.12. The highest BCUT2D eigenvalue weighted by molar-refractivity contribution is 7.12. The van der Waals surface area contributed by atoms with E-state index in [0.717, 1.165) is 30.6 Å². The zero-order chi connectivity index (χ0) is 15.9. The van der Waals surface area contributed by atoms with Crippen LogP contribution in [-0.4, -0.2) is 49.8 Å². The Morgan fingerprint density at radius 3 is 2.74 bits per heavy atom. The number of rotatable bonds is 7. The Kier molecular flexibility index (Phi) is 8.75. The largest absolute Gasteiger partial charge is 0.433 e. The first-order valence-corrected chi connectivity index (χ1v) is 8.13. The molecule has 132 valence electrons. The van der Waals surface area contributed by atoms with Crippen LogP contribution in [0.2, 0.25) is 0 Å². The molecule has 0 atom stereocenters. The molecule has 1 aliphatic heterocycles. The first-order valence-electron chi connectivity index (χ1n) is 7.25. The van der Waals surface area contributed by atoms with Gasteiger partial charge in [-0.3, -0.25) is 4.79 Å². The second-order valence-corrected chi connectivity index (χ2v) is 5.91. The Bertz CT molecular complexity index is 482. The molecule has 1 aromatic heterocycles. The molecular weight excluding hydrogens is 350 g/mol. The summed E-state index contributed by atoms with van der Waals surface area (Å²) in [4.78, 5) is 14.3. The third-order valence-corrected chi connectivity index (χ3v) is 4.35. The van der Waals surface area contributed by atoms with Crippen LogP contribution in [-0.2, 0) is 4.74 Å². The van der Waals surface area contributed by atoms with Crippen LogP contribution >= 0.6 is 23.7 Å². The summed E-state index contributed by atoms with van der Waals surface area (Å²) < 4.78 is 34.7. The number of halogens is 3. The number of alkyl halides is 2. The van der Waals surface area contributed by atoms with Gasteiger partial charge in [0.05, 0.1) is 6.10 Å². The summed E-state index contributed by atoms with van der Waals surface area (Å²) in [6.45, 7) is -0.589. The van der Waals surface area contributed by atoms with Gasteiger partial charge in [0, 0.05) is 19.7 Å². The number of piperidine rings is 1. The maximum atomic E-state index is 12.4. The van der Waals surface area contributed by atoms with Crippen LogP contribution in [0.1, 0.15) is 28.9 Å². The van der Waals surface area contributed by atoms with Gasteiger partial charge in [0.2, 0.25) is 0 Å². The lowest BCUT2D eigenvalue weighted by molar-refractivity contribution is -0.0500. The van der Waals surface area contributed by atoms with Crippen molar-refractivity contribution in [2.75, 3.05) is 26.2 Å². The Morgan fingerprint density at radius 2 is 2.13 bits per heavy atom. The van der Waals surface area contributed by atoms with Gasteiger partial charge in [-0.1, -0.05) is 0 Å². The second-order valence-electron chi connectivity index (χ2n) is 5.00. The summed E-state index contributed by atoms with van der Waals surface area (Å²) in [6.07, 6.45) is 2.44. The maximum Gasteiger partial charge on any atom is 0.387 e. The van der Waals surface area contributed by atoms with E-state index in [1.54, 1.807) is 10.3 Å². The first kappa shape index (κ1) is 20.1. The number of thiophene rings is 1. The van der Waals surface area contributed by atoms with Gasteiger partial charge in [-0.2, -0.15) is 8.78 Å². The predicted molar refractivity (Wildman–Crippen MR) is 86.7 cm³/mol. The summed E-state index contributed by atoms with van der Waals surface area (Å²) in [5.41, 5.74) is 5.41. The molecule has 0 aliphatic carbocycles. The summed E-state index contributed by atoms with van der Waals surface area (Å²) in [5.74, 6) is -0.308. The zero-order valence-electron chi connectivity index (χ0n) is 12.6. The molecule has 1 aliphatic rings. The van der Waals surface area contributed by atoms with Crippen LogP contribution in [0.3, 0.4) is 0 Å². The van der Waals surface area contributed by atoms with Crippen LogP contribution in [0.4, 0.5) is 8.78 Å². The average molecular weight is 371 g/mol. The number of ether oxygens (including phenoxy) is 2. The molecule has 1 aromatic rings. The lowest BCUT2D eigenvalue weighted by Crippen LogP contribution is -2.40. The molecule has 2 rings (SSSR count). The third-order valence-electron chi connectivity index (χ3n) is 3.47. The van der Waals surface area contributed by atoms with E-state index in [9.17, 15) is 13.6 Å². The molecular formula is C14H21ClF2N2O3S. The highest BCUT2D eigenvalue weighted by Crippen LogP contribution is 2.29. The molecule has 0 saturated carbocycles. The summed E-state index contributed by atoms with van der Waals surface area (Å²) in [5, 5.41) is 1.58. The zero-order valence-corrected chi connectivity index (χ0v) is 14.2. The topological polar surface area (TPSA) is 64.8 Å². The van der Waals surface area contributed by atoms with Crippen LogP contribution in [0.15, 0.2) is 11.4 Å². The number of nitrogens with zero attached hydrogens (tertiary/aromatic N) is 1. The van der Waals surface area contributed by atoms with Gasteiger partial charge < -0.3 is 20.1 Å². The van der Waals surface area contributed by atoms with Crippen LogP contribution < -0.4 is 10.5 Å². The van der Waals surface area contributed by atoms with E-state index in [2.05, 4.69) is 4.74 Å². The summed E-state index contributed by atoms with van der Waals surface area (Å²) in [6, 6.07) is 1.40. The van der Waals surface area contributed by atoms with Gasteiger partial charge >= 0.3 is 6.61 Å². The quantitative estimate of drug-likeness (QED) is 0.749. The molecule has 1 saturated heterocycles. The van der Waals surface area contributed by atoms with E-state index in [1.165, 1.54) is 6.07 Å². The van der Waals surface area contributed by atoms with Gasteiger partial charge in [0.25, 0.3) is 5.91 Å². The van der Waals surface area contributed by atoms with Crippen molar-refractivity contribution in [1.29, 1.82) is 0 Å².